The van der Waals surface area contributed by atoms with E-state index in [0.717, 1.165) is 0 Å². The van der Waals surface area contributed by atoms with E-state index in [0.29, 0.717) is 39.8 Å². The fourth-order valence-electron chi connectivity index (χ4n) is 3.36. The quantitative estimate of drug-likeness (QED) is 0.800. The maximum atomic E-state index is 12.8. The molecule has 0 amide bonds. The molecule has 124 valence electrons. The third-order valence-corrected chi connectivity index (χ3v) is 5.02. The largest absolute Gasteiger partial charge is 0.444 e. The molecule has 0 radical (unpaired) electrons. The predicted molar refractivity (Wildman–Crippen MR) is 92.2 cm³/mol. The zero-order chi connectivity index (χ0) is 17.6. The minimum Gasteiger partial charge on any atom is -0.444 e. The number of benzene rings is 1. The molecular weight excluding hydrogens is 347 g/mol. The van der Waals surface area contributed by atoms with Crippen molar-refractivity contribution in [2.75, 3.05) is 0 Å². The van der Waals surface area contributed by atoms with Gasteiger partial charge in [-0.05, 0) is 17.5 Å². The number of ether oxygens (including phenoxy) is 1. The number of ketones is 1. The van der Waals surface area contributed by atoms with E-state index in [9.17, 15) is 10.1 Å². The Labute approximate surface area is 150 Å². The smallest absolute Gasteiger partial charge is 0.205 e. The molecule has 1 aromatic carbocycles. The molecule has 0 aromatic heterocycles. The Bertz CT molecular complexity index is 827. The van der Waals surface area contributed by atoms with Crippen LogP contribution in [0.25, 0.3) is 0 Å². The highest BCUT2D eigenvalue weighted by molar-refractivity contribution is 6.36. The second-order valence-corrected chi connectivity index (χ2v) is 7.65. The third kappa shape index (κ3) is 2.68. The van der Waals surface area contributed by atoms with Gasteiger partial charge in [0.05, 0.1) is 5.92 Å². The average molecular weight is 363 g/mol. The molecule has 6 heteroatoms. The van der Waals surface area contributed by atoms with E-state index in [1.807, 2.05) is 13.8 Å². The molecule has 1 atom stereocenters. The number of allylic oxidation sites excluding steroid dienone is 3. The molecule has 3 rings (SSSR count). The standard InChI is InChI=1S/C18H16Cl2N2O2/c1-18(2)6-12(23)16-13(7-18)24-17(22)9(8-21)14(16)15-10(19)4-3-5-11(15)20/h3-5,14H,6-7,22H2,1-2H3/t14-/m0/s1. The monoisotopic (exact) mass is 362 g/mol. The van der Waals surface area contributed by atoms with Gasteiger partial charge in [-0.25, -0.2) is 0 Å². The van der Waals surface area contributed by atoms with Crippen LogP contribution in [0.1, 0.15) is 38.2 Å². The predicted octanol–water partition coefficient (Wildman–Crippen LogP) is 4.44. The zero-order valence-corrected chi connectivity index (χ0v) is 14.8. The Balaban J connectivity index is 2.27. The normalized spacial score (nSPS) is 22.8. The summed E-state index contributed by atoms with van der Waals surface area (Å²) in [7, 11) is 0. The Hall–Kier alpha value is -1.96. The summed E-state index contributed by atoms with van der Waals surface area (Å²) < 4.78 is 5.64. The first-order chi connectivity index (χ1) is 11.2. The third-order valence-electron chi connectivity index (χ3n) is 4.36. The summed E-state index contributed by atoms with van der Waals surface area (Å²) in [5, 5.41) is 10.3. The highest BCUT2D eigenvalue weighted by Crippen LogP contribution is 2.50. The molecule has 1 aliphatic carbocycles. The number of hydrogen-bond acceptors (Lipinski definition) is 4. The molecule has 1 aromatic rings. The van der Waals surface area contributed by atoms with Crippen LogP contribution in [0.5, 0.6) is 0 Å². The molecule has 0 saturated carbocycles. The van der Waals surface area contributed by atoms with Crippen LogP contribution in [0, 0.1) is 16.7 Å². The number of nitriles is 1. The Morgan fingerprint density at radius 2 is 1.92 bits per heavy atom. The van der Waals surface area contributed by atoms with Crippen LogP contribution in [-0.2, 0) is 9.53 Å². The lowest BCUT2D eigenvalue weighted by molar-refractivity contribution is -0.119. The summed E-state index contributed by atoms with van der Waals surface area (Å²) in [6, 6.07) is 7.14. The van der Waals surface area contributed by atoms with Crippen molar-refractivity contribution in [2.45, 2.75) is 32.6 Å². The first kappa shape index (κ1) is 16.9. The summed E-state index contributed by atoms with van der Waals surface area (Å²) in [5.74, 6) is -0.248. The number of carbonyl (C=O) groups is 1. The van der Waals surface area contributed by atoms with Gasteiger partial charge in [-0.15, -0.1) is 0 Å². The van der Waals surface area contributed by atoms with Gasteiger partial charge in [0, 0.05) is 34.0 Å². The van der Waals surface area contributed by atoms with E-state index < -0.39 is 5.92 Å². The van der Waals surface area contributed by atoms with Crippen LogP contribution in [-0.4, -0.2) is 5.78 Å². The van der Waals surface area contributed by atoms with Crippen molar-refractivity contribution in [1.29, 1.82) is 5.26 Å². The molecule has 1 heterocycles. The van der Waals surface area contributed by atoms with Crippen LogP contribution in [0.15, 0.2) is 41.0 Å². The Morgan fingerprint density at radius 1 is 1.29 bits per heavy atom. The number of Topliss-reactive ketones (excluding diaryl/α,β-unsaturated/α-hetero) is 1. The van der Waals surface area contributed by atoms with Gasteiger partial charge in [0.1, 0.15) is 17.4 Å². The van der Waals surface area contributed by atoms with Gasteiger partial charge < -0.3 is 10.5 Å². The summed E-state index contributed by atoms with van der Waals surface area (Å²) in [6.07, 6.45) is 0.929. The summed E-state index contributed by atoms with van der Waals surface area (Å²) >= 11 is 12.7. The number of rotatable bonds is 1. The van der Waals surface area contributed by atoms with Crippen molar-refractivity contribution in [3.8, 4) is 6.07 Å². The Morgan fingerprint density at radius 3 is 2.50 bits per heavy atom. The molecule has 0 unspecified atom stereocenters. The van der Waals surface area contributed by atoms with Crippen LogP contribution in [0.4, 0.5) is 0 Å². The second kappa shape index (κ2) is 5.84. The molecule has 1 aliphatic heterocycles. The maximum Gasteiger partial charge on any atom is 0.205 e. The number of halogens is 2. The minimum atomic E-state index is -0.691. The number of nitrogens with zero attached hydrogens (tertiary/aromatic N) is 1. The van der Waals surface area contributed by atoms with E-state index in [-0.39, 0.29) is 22.7 Å². The molecule has 0 bridgehead atoms. The lowest BCUT2D eigenvalue weighted by Crippen LogP contribution is -2.33. The van der Waals surface area contributed by atoms with E-state index in [2.05, 4.69) is 6.07 Å². The van der Waals surface area contributed by atoms with Crippen molar-refractivity contribution in [3.63, 3.8) is 0 Å². The molecular formula is C18H16Cl2N2O2. The van der Waals surface area contributed by atoms with E-state index in [1.165, 1.54) is 0 Å². The van der Waals surface area contributed by atoms with Crippen LogP contribution < -0.4 is 5.73 Å². The van der Waals surface area contributed by atoms with Crippen LogP contribution >= 0.6 is 23.2 Å². The second-order valence-electron chi connectivity index (χ2n) is 6.84. The first-order valence-electron chi connectivity index (χ1n) is 7.53. The van der Waals surface area contributed by atoms with Crippen molar-refractivity contribution in [3.05, 3.63) is 56.6 Å². The average Bonchev–Trinajstić information content (AvgIpc) is 2.44. The van der Waals surface area contributed by atoms with Gasteiger partial charge in [-0.2, -0.15) is 5.26 Å². The molecule has 0 saturated heterocycles. The fourth-order valence-corrected chi connectivity index (χ4v) is 3.98. The van der Waals surface area contributed by atoms with Crippen molar-refractivity contribution in [2.24, 2.45) is 11.1 Å². The highest BCUT2D eigenvalue weighted by Gasteiger charge is 2.44. The fraction of sp³-hybridized carbons (Fsp3) is 0.333. The zero-order valence-electron chi connectivity index (χ0n) is 13.3. The summed E-state index contributed by atoms with van der Waals surface area (Å²) in [6.45, 7) is 3.99. The highest BCUT2D eigenvalue weighted by atomic mass is 35.5. The number of hydrogen-bond donors (Lipinski definition) is 1. The molecule has 0 fully saturated rings. The van der Waals surface area contributed by atoms with Crippen molar-refractivity contribution in [1.82, 2.24) is 0 Å². The van der Waals surface area contributed by atoms with Crippen LogP contribution in [0.3, 0.4) is 0 Å². The van der Waals surface area contributed by atoms with Gasteiger partial charge in [-0.3, -0.25) is 4.79 Å². The van der Waals surface area contributed by atoms with Gasteiger partial charge in [0.15, 0.2) is 5.78 Å². The minimum absolute atomic E-state index is 0.00253. The van der Waals surface area contributed by atoms with Crippen molar-refractivity contribution < 1.29 is 9.53 Å². The lowest BCUT2D eigenvalue weighted by atomic mass is 9.70. The molecule has 2 aliphatic rings. The van der Waals surface area contributed by atoms with Gasteiger partial charge in [0.25, 0.3) is 0 Å². The number of nitrogens with two attached hydrogens (primary N) is 1. The summed E-state index contributed by atoms with van der Waals surface area (Å²) in [5.41, 5.74) is 6.86. The molecule has 24 heavy (non-hydrogen) atoms. The SMILES string of the molecule is CC1(C)CC(=O)C2=C(C1)OC(N)=C(C#N)[C@H]2c1c(Cl)cccc1Cl. The lowest BCUT2D eigenvalue weighted by Gasteiger charge is -2.37. The Kier molecular flexibility index (Phi) is 4.11. The van der Waals surface area contributed by atoms with Crippen LogP contribution in [0.2, 0.25) is 10.0 Å². The molecule has 4 nitrogen and oxygen atoms in total. The first-order valence-corrected chi connectivity index (χ1v) is 8.28. The van der Waals surface area contributed by atoms with E-state index in [4.69, 9.17) is 33.7 Å². The number of carbonyl (C=O) groups excluding carboxylic acids is 1. The molecule has 0 spiro atoms. The van der Waals surface area contributed by atoms with Gasteiger partial charge in [-0.1, -0.05) is 43.1 Å². The van der Waals surface area contributed by atoms with Gasteiger partial charge in [0.2, 0.25) is 5.88 Å². The van der Waals surface area contributed by atoms with Crippen molar-refractivity contribution >= 4 is 29.0 Å². The van der Waals surface area contributed by atoms with E-state index >= 15 is 0 Å². The summed E-state index contributed by atoms with van der Waals surface area (Å²) in [4.78, 5) is 12.8. The maximum absolute atomic E-state index is 12.8. The van der Waals surface area contributed by atoms with E-state index in [1.54, 1.807) is 18.2 Å². The topological polar surface area (TPSA) is 76.1 Å². The molecule has 2 N–H and O–H groups in total. The van der Waals surface area contributed by atoms with Gasteiger partial charge >= 0.3 is 0 Å².